The Hall–Kier alpha value is -1.30. The molecule has 0 heterocycles. The molecule has 1 unspecified atom stereocenters. The van der Waals surface area contributed by atoms with E-state index in [-0.39, 0.29) is 5.75 Å². The van der Waals surface area contributed by atoms with E-state index in [2.05, 4.69) is 0 Å². The minimum atomic E-state index is -4.55. The van der Waals surface area contributed by atoms with Gasteiger partial charge < -0.3 is 10.5 Å². The van der Waals surface area contributed by atoms with Gasteiger partial charge in [0, 0.05) is 18.2 Å². The van der Waals surface area contributed by atoms with E-state index >= 15 is 0 Å². The van der Waals surface area contributed by atoms with E-state index in [1.165, 1.54) is 13.2 Å². The van der Waals surface area contributed by atoms with E-state index in [0.29, 0.717) is 0 Å². The van der Waals surface area contributed by atoms with Gasteiger partial charge in [0.25, 0.3) is 0 Å². The summed E-state index contributed by atoms with van der Waals surface area (Å²) in [7, 11) is 1.30. The average molecular weight is 237 g/mol. The number of methoxy groups -OCH3 is 1. The lowest BCUT2D eigenvalue weighted by Crippen LogP contribution is -2.28. The normalized spacial score (nSPS) is 13.6. The molecule has 16 heavy (non-hydrogen) atoms. The van der Waals surface area contributed by atoms with E-state index in [9.17, 15) is 17.6 Å². The number of hydrogen-bond acceptors (Lipinski definition) is 2. The minimum absolute atomic E-state index is 0.166. The first-order valence-electron chi connectivity index (χ1n) is 4.50. The fraction of sp³-hybridized carbons (Fsp3) is 0.400. The van der Waals surface area contributed by atoms with Gasteiger partial charge in [-0.15, -0.1) is 0 Å². The number of rotatable bonds is 3. The second-order valence-corrected chi connectivity index (χ2v) is 3.22. The van der Waals surface area contributed by atoms with Crippen LogP contribution in [0.15, 0.2) is 18.2 Å². The topological polar surface area (TPSA) is 35.2 Å². The zero-order valence-corrected chi connectivity index (χ0v) is 8.51. The van der Waals surface area contributed by atoms with Gasteiger partial charge in [-0.3, -0.25) is 0 Å². The first-order chi connectivity index (χ1) is 7.40. The molecule has 1 aromatic rings. The smallest absolute Gasteiger partial charge is 0.397 e. The third-order valence-electron chi connectivity index (χ3n) is 2.21. The summed E-state index contributed by atoms with van der Waals surface area (Å²) in [5.41, 5.74) is 4.55. The molecule has 0 aliphatic rings. The molecule has 2 N–H and O–H groups in total. The highest BCUT2D eigenvalue weighted by molar-refractivity contribution is 5.32. The maximum Gasteiger partial charge on any atom is 0.397 e. The summed E-state index contributed by atoms with van der Waals surface area (Å²) in [5.74, 6) is -2.79. The Labute approximate surface area is 90.0 Å². The lowest BCUT2D eigenvalue weighted by atomic mass is 9.98. The Bertz CT molecular complexity index is 364. The first-order valence-corrected chi connectivity index (χ1v) is 4.50. The molecule has 0 saturated carbocycles. The molecule has 1 atom stereocenters. The summed E-state index contributed by atoms with van der Waals surface area (Å²) in [6, 6.07) is 3.22. The van der Waals surface area contributed by atoms with E-state index in [4.69, 9.17) is 10.5 Å². The maximum atomic E-state index is 13.4. The van der Waals surface area contributed by atoms with E-state index in [1.807, 2.05) is 0 Å². The number of halogens is 4. The zero-order valence-electron chi connectivity index (χ0n) is 8.51. The Morgan fingerprint density at radius 2 is 2.00 bits per heavy atom. The predicted octanol–water partition coefficient (Wildman–Crippen LogP) is 2.44. The first kappa shape index (κ1) is 12.8. The van der Waals surface area contributed by atoms with Gasteiger partial charge in [-0.05, 0) is 6.07 Å². The number of nitrogens with two attached hydrogens (primary N) is 1. The lowest BCUT2D eigenvalue weighted by molar-refractivity contribution is -0.148. The number of ether oxygens (including phenoxy) is 1. The van der Waals surface area contributed by atoms with Crippen LogP contribution in [0.4, 0.5) is 17.6 Å². The van der Waals surface area contributed by atoms with Crippen LogP contribution < -0.4 is 10.5 Å². The van der Waals surface area contributed by atoms with Crippen LogP contribution in [0.25, 0.3) is 0 Å². The molecule has 2 nitrogen and oxygen atoms in total. The van der Waals surface area contributed by atoms with Crippen LogP contribution in [0, 0.1) is 5.82 Å². The van der Waals surface area contributed by atoms with Gasteiger partial charge in [0.05, 0.1) is 13.0 Å². The molecule has 0 bridgehead atoms. The number of alkyl halides is 3. The van der Waals surface area contributed by atoms with Gasteiger partial charge in [0.1, 0.15) is 11.6 Å². The molecular formula is C10H11F4NO. The van der Waals surface area contributed by atoms with Crippen molar-refractivity contribution in [2.24, 2.45) is 5.73 Å². The molecule has 0 radical (unpaired) electrons. The molecule has 0 fully saturated rings. The van der Waals surface area contributed by atoms with E-state index in [1.54, 1.807) is 0 Å². The highest BCUT2D eigenvalue weighted by atomic mass is 19.4. The predicted molar refractivity (Wildman–Crippen MR) is 50.8 cm³/mol. The van der Waals surface area contributed by atoms with Crippen molar-refractivity contribution in [1.82, 2.24) is 0 Å². The monoisotopic (exact) mass is 237 g/mol. The van der Waals surface area contributed by atoms with Crippen LogP contribution in [0.1, 0.15) is 11.5 Å². The molecule has 0 aliphatic heterocycles. The fourth-order valence-electron chi connectivity index (χ4n) is 1.35. The third-order valence-corrected chi connectivity index (χ3v) is 2.21. The summed E-state index contributed by atoms with van der Waals surface area (Å²) in [5, 5.41) is 0. The van der Waals surface area contributed by atoms with Gasteiger partial charge in [0.15, 0.2) is 0 Å². The van der Waals surface area contributed by atoms with Crippen molar-refractivity contribution < 1.29 is 22.3 Å². The average Bonchev–Trinajstić information content (AvgIpc) is 2.19. The number of hydrogen-bond donors (Lipinski definition) is 1. The van der Waals surface area contributed by atoms with Crippen LogP contribution in [0.3, 0.4) is 0 Å². The molecule has 0 aliphatic carbocycles. The Kier molecular flexibility index (Phi) is 3.74. The van der Waals surface area contributed by atoms with Crippen LogP contribution in [-0.4, -0.2) is 19.8 Å². The van der Waals surface area contributed by atoms with Gasteiger partial charge in [-0.2, -0.15) is 13.2 Å². The minimum Gasteiger partial charge on any atom is -0.497 e. The van der Waals surface area contributed by atoms with Crippen molar-refractivity contribution in [3.8, 4) is 5.75 Å². The SMILES string of the molecule is COc1ccc(C(CN)C(F)(F)F)c(F)c1. The second-order valence-electron chi connectivity index (χ2n) is 3.22. The lowest BCUT2D eigenvalue weighted by Gasteiger charge is -2.19. The van der Waals surface area contributed by atoms with E-state index in [0.717, 1.165) is 12.1 Å². The van der Waals surface area contributed by atoms with Gasteiger partial charge in [-0.25, -0.2) is 4.39 Å². The zero-order chi connectivity index (χ0) is 12.3. The second kappa shape index (κ2) is 4.69. The standard InChI is InChI=1S/C10H11F4NO/c1-16-6-2-3-7(9(11)4-6)8(5-15)10(12,13)14/h2-4,8H,5,15H2,1H3. The summed E-state index contributed by atoms with van der Waals surface area (Å²) in [4.78, 5) is 0. The van der Waals surface area contributed by atoms with Crippen LogP contribution in [-0.2, 0) is 0 Å². The van der Waals surface area contributed by atoms with Crippen molar-refractivity contribution in [1.29, 1.82) is 0 Å². The van der Waals surface area contributed by atoms with Crippen molar-refractivity contribution in [3.05, 3.63) is 29.6 Å². The van der Waals surface area contributed by atoms with Crippen LogP contribution in [0.2, 0.25) is 0 Å². The molecule has 0 spiro atoms. The summed E-state index contributed by atoms with van der Waals surface area (Å²) >= 11 is 0. The van der Waals surface area contributed by atoms with Crippen molar-refractivity contribution in [2.45, 2.75) is 12.1 Å². The van der Waals surface area contributed by atoms with E-state index < -0.39 is 30.0 Å². The van der Waals surface area contributed by atoms with Gasteiger partial charge in [0.2, 0.25) is 0 Å². The maximum absolute atomic E-state index is 13.4. The van der Waals surface area contributed by atoms with Crippen molar-refractivity contribution >= 4 is 0 Å². The molecule has 1 aromatic carbocycles. The summed E-state index contributed by atoms with van der Waals surface area (Å²) in [6.45, 7) is -0.688. The van der Waals surface area contributed by atoms with Gasteiger partial charge in [-0.1, -0.05) is 6.07 Å². The fourth-order valence-corrected chi connectivity index (χ4v) is 1.35. The molecule has 0 aromatic heterocycles. The summed E-state index contributed by atoms with van der Waals surface area (Å²) < 4.78 is 55.5. The molecule has 1 rings (SSSR count). The number of benzene rings is 1. The Morgan fingerprint density at radius 3 is 2.38 bits per heavy atom. The molecule has 0 saturated heterocycles. The van der Waals surface area contributed by atoms with Crippen LogP contribution in [0.5, 0.6) is 5.75 Å². The highest BCUT2D eigenvalue weighted by Gasteiger charge is 2.41. The molecular weight excluding hydrogens is 226 g/mol. The third kappa shape index (κ3) is 2.63. The van der Waals surface area contributed by atoms with Gasteiger partial charge >= 0.3 is 6.18 Å². The molecule has 6 heteroatoms. The largest absolute Gasteiger partial charge is 0.497 e. The summed E-state index contributed by atoms with van der Waals surface area (Å²) in [6.07, 6.45) is -4.55. The van der Waals surface area contributed by atoms with Crippen molar-refractivity contribution in [2.75, 3.05) is 13.7 Å². The quantitative estimate of drug-likeness (QED) is 0.819. The Morgan fingerprint density at radius 1 is 1.38 bits per heavy atom. The molecule has 90 valence electrons. The molecule has 0 amide bonds. The van der Waals surface area contributed by atoms with Crippen molar-refractivity contribution in [3.63, 3.8) is 0 Å². The highest BCUT2D eigenvalue weighted by Crippen LogP contribution is 2.35. The van der Waals surface area contributed by atoms with Crippen LogP contribution >= 0.6 is 0 Å². The Balaban J connectivity index is 3.12.